The summed E-state index contributed by atoms with van der Waals surface area (Å²) >= 11 is 0. The van der Waals surface area contributed by atoms with E-state index in [0.29, 0.717) is 18.0 Å². The first-order valence-electron chi connectivity index (χ1n) is 10.3. The zero-order valence-corrected chi connectivity index (χ0v) is 18.6. The van der Waals surface area contributed by atoms with Crippen molar-refractivity contribution < 1.29 is 14.3 Å². The van der Waals surface area contributed by atoms with E-state index in [9.17, 15) is 4.79 Å². The van der Waals surface area contributed by atoms with Gasteiger partial charge in [0, 0.05) is 18.7 Å². The fraction of sp³-hybridized carbons (Fsp3) is 0.269. The van der Waals surface area contributed by atoms with E-state index in [1.165, 1.54) is 5.56 Å². The first kappa shape index (κ1) is 22.4. The van der Waals surface area contributed by atoms with Crippen molar-refractivity contribution in [2.45, 2.75) is 19.5 Å². The van der Waals surface area contributed by atoms with Gasteiger partial charge < -0.3 is 19.7 Å². The van der Waals surface area contributed by atoms with Crippen molar-refractivity contribution in [1.29, 1.82) is 0 Å². The molecule has 31 heavy (non-hydrogen) atoms. The maximum atomic E-state index is 12.6. The van der Waals surface area contributed by atoms with Gasteiger partial charge in [0.05, 0.1) is 20.6 Å². The van der Waals surface area contributed by atoms with Crippen molar-refractivity contribution in [3.63, 3.8) is 0 Å². The number of nitrogens with one attached hydrogen (secondary N) is 1. The number of rotatable bonds is 9. The Kier molecular flexibility index (Phi) is 7.68. The monoisotopic (exact) mass is 418 g/mol. The van der Waals surface area contributed by atoms with Crippen LogP contribution in [0.4, 0.5) is 0 Å². The van der Waals surface area contributed by atoms with Crippen molar-refractivity contribution in [2.75, 3.05) is 28.3 Å². The SMILES string of the molecule is COc1ccc(OC)c(CC(=O)NCc2ccccc2-c2ccc(CN(C)C)cc2)c1. The lowest BCUT2D eigenvalue weighted by atomic mass is 9.98. The van der Waals surface area contributed by atoms with E-state index < -0.39 is 0 Å². The van der Waals surface area contributed by atoms with E-state index >= 15 is 0 Å². The molecule has 0 unspecified atom stereocenters. The second-order valence-corrected chi connectivity index (χ2v) is 7.72. The van der Waals surface area contributed by atoms with E-state index in [0.717, 1.165) is 28.8 Å². The van der Waals surface area contributed by atoms with Crippen molar-refractivity contribution in [2.24, 2.45) is 0 Å². The highest BCUT2D eigenvalue weighted by Crippen LogP contribution is 2.26. The molecule has 0 spiro atoms. The van der Waals surface area contributed by atoms with Crippen LogP contribution in [0.3, 0.4) is 0 Å². The minimum atomic E-state index is -0.0670. The van der Waals surface area contributed by atoms with Gasteiger partial charge in [0.15, 0.2) is 0 Å². The molecule has 3 rings (SSSR count). The molecule has 3 aromatic rings. The maximum Gasteiger partial charge on any atom is 0.224 e. The van der Waals surface area contributed by atoms with Crippen LogP contribution >= 0.6 is 0 Å². The van der Waals surface area contributed by atoms with Crippen LogP contribution in [0, 0.1) is 0 Å². The summed E-state index contributed by atoms with van der Waals surface area (Å²) in [5.41, 5.74) is 5.41. The molecule has 0 radical (unpaired) electrons. The van der Waals surface area contributed by atoms with Crippen molar-refractivity contribution in [3.05, 3.63) is 83.4 Å². The summed E-state index contributed by atoms with van der Waals surface area (Å²) < 4.78 is 10.6. The first-order valence-corrected chi connectivity index (χ1v) is 10.3. The van der Waals surface area contributed by atoms with Crippen LogP contribution in [0.15, 0.2) is 66.7 Å². The van der Waals surface area contributed by atoms with Crippen molar-refractivity contribution >= 4 is 5.91 Å². The number of hydrogen-bond acceptors (Lipinski definition) is 4. The lowest BCUT2D eigenvalue weighted by Crippen LogP contribution is -2.25. The second kappa shape index (κ2) is 10.6. The lowest BCUT2D eigenvalue weighted by Gasteiger charge is -2.14. The molecule has 162 valence electrons. The number of ether oxygens (including phenoxy) is 2. The van der Waals surface area contributed by atoms with E-state index in [4.69, 9.17) is 9.47 Å². The Morgan fingerprint density at radius 2 is 1.65 bits per heavy atom. The summed E-state index contributed by atoms with van der Waals surface area (Å²) in [6, 6.07) is 22.2. The van der Waals surface area contributed by atoms with E-state index in [2.05, 4.69) is 60.7 Å². The Hall–Kier alpha value is -3.31. The Morgan fingerprint density at radius 3 is 2.32 bits per heavy atom. The molecule has 5 nitrogen and oxygen atoms in total. The number of carbonyl (C=O) groups is 1. The third-order valence-electron chi connectivity index (χ3n) is 5.10. The molecule has 1 amide bonds. The summed E-state index contributed by atoms with van der Waals surface area (Å²) in [7, 11) is 7.33. The molecule has 0 heterocycles. The molecule has 0 fully saturated rings. The molecule has 0 aliphatic carbocycles. The molecular formula is C26H30N2O3. The van der Waals surface area contributed by atoms with E-state index in [1.54, 1.807) is 14.2 Å². The number of hydrogen-bond donors (Lipinski definition) is 1. The topological polar surface area (TPSA) is 50.8 Å². The van der Waals surface area contributed by atoms with Gasteiger partial charge in [-0.2, -0.15) is 0 Å². The van der Waals surface area contributed by atoms with Crippen LogP contribution in [0.25, 0.3) is 11.1 Å². The third kappa shape index (κ3) is 6.09. The number of carbonyl (C=O) groups excluding carboxylic acids is 1. The average Bonchev–Trinajstić information content (AvgIpc) is 2.78. The van der Waals surface area contributed by atoms with Gasteiger partial charge in [-0.15, -0.1) is 0 Å². The van der Waals surface area contributed by atoms with Gasteiger partial charge >= 0.3 is 0 Å². The predicted octanol–water partition coefficient (Wildman–Crippen LogP) is 4.29. The average molecular weight is 419 g/mol. The Bertz CT molecular complexity index is 1010. The zero-order chi connectivity index (χ0) is 22.2. The molecule has 1 N–H and O–H groups in total. The van der Waals surface area contributed by atoms with Crippen molar-refractivity contribution in [1.82, 2.24) is 10.2 Å². The quantitative estimate of drug-likeness (QED) is 0.563. The summed E-state index contributed by atoms with van der Waals surface area (Å²) in [4.78, 5) is 14.8. The second-order valence-electron chi connectivity index (χ2n) is 7.72. The van der Waals surface area contributed by atoms with Crippen LogP contribution in [0.5, 0.6) is 11.5 Å². The van der Waals surface area contributed by atoms with Gasteiger partial charge in [0.25, 0.3) is 0 Å². The zero-order valence-electron chi connectivity index (χ0n) is 18.6. The standard InChI is InChI=1S/C26H30N2O3/c1-28(2)18-19-9-11-20(12-10-19)24-8-6-5-7-21(24)17-27-26(29)16-22-15-23(30-3)13-14-25(22)31-4/h5-15H,16-18H2,1-4H3,(H,27,29). The van der Waals surface area contributed by atoms with Gasteiger partial charge in [-0.1, -0.05) is 48.5 Å². The minimum Gasteiger partial charge on any atom is -0.497 e. The van der Waals surface area contributed by atoms with E-state index in [1.807, 2.05) is 30.3 Å². The first-order chi connectivity index (χ1) is 15.0. The van der Waals surface area contributed by atoms with Crippen LogP contribution in [0.2, 0.25) is 0 Å². The van der Waals surface area contributed by atoms with E-state index in [-0.39, 0.29) is 12.3 Å². The van der Waals surface area contributed by atoms with Gasteiger partial charge in [-0.25, -0.2) is 0 Å². The molecule has 0 saturated heterocycles. The highest BCUT2D eigenvalue weighted by atomic mass is 16.5. The Morgan fingerprint density at radius 1 is 0.903 bits per heavy atom. The molecule has 0 saturated carbocycles. The molecule has 0 atom stereocenters. The van der Waals surface area contributed by atoms with Gasteiger partial charge in [-0.3, -0.25) is 4.79 Å². The molecule has 0 aliphatic rings. The number of benzene rings is 3. The predicted molar refractivity (Wildman–Crippen MR) is 124 cm³/mol. The van der Waals surface area contributed by atoms with Gasteiger partial charge in [0.1, 0.15) is 11.5 Å². The Balaban J connectivity index is 1.70. The van der Waals surface area contributed by atoms with Crippen LogP contribution in [-0.4, -0.2) is 39.1 Å². The van der Waals surface area contributed by atoms with Gasteiger partial charge in [0.2, 0.25) is 5.91 Å². The summed E-state index contributed by atoms with van der Waals surface area (Å²) in [5, 5.41) is 3.04. The fourth-order valence-electron chi connectivity index (χ4n) is 3.56. The molecule has 0 aliphatic heterocycles. The molecule has 3 aromatic carbocycles. The smallest absolute Gasteiger partial charge is 0.224 e. The number of amides is 1. The summed E-state index contributed by atoms with van der Waals surface area (Å²) in [6.45, 7) is 1.37. The van der Waals surface area contributed by atoms with Crippen LogP contribution < -0.4 is 14.8 Å². The van der Waals surface area contributed by atoms with Gasteiger partial charge in [-0.05, 0) is 54.5 Å². The highest BCUT2D eigenvalue weighted by Gasteiger charge is 2.12. The van der Waals surface area contributed by atoms with Crippen molar-refractivity contribution in [3.8, 4) is 22.6 Å². The highest BCUT2D eigenvalue weighted by molar-refractivity contribution is 5.80. The number of nitrogens with zero attached hydrogens (tertiary/aromatic N) is 1. The molecule has 0 aromatic heterocycles. The molecule has 0 bridgehead atoms. The van der Waals surface area contributed by atoms with Crippen LogP contribution in [-0.2, 0) is 24.3 Å². The largest absolute Gasteiger partial charge is 0.497 e. The normalized spacial score (nSPS) is 10.7. The maximum absolute atomic E-state index is 12.6. The Labute approximate surface area is 184 Å². The summed E-state index contributed by atoms with van der Waals surface area (Å²) in [6.07, 6.45) is 0.224. The minimum absolute atomic E-state index is 0.0670. The van der Waals surface area contributed by atoms with Crippen LogP contribution in [0.1, 0.15) is 16.7 Å². The summed E-state index contributed by atoms with van der Waals surface area (Å²) in [5.74, 6) is 1.31. The molecule has 5 heteroatoms. The third-order valence-corrected chi connectivity index (χ3v) is 5.10. The molecular weight excluding hydrogens is 388 g/mol. The lowest BCUT2D eigenvalue weighted by molar-refractivity contribution is -0.120. The fourth-order valence-corrected chi connectivity index (χ4v) is 3.56. The number of methoxy groups -OCH3 is 2.